The molecule has 0 aliphatic carbocycles. The SMILES string of the molecule is O=S1(=O)C=CC(Nc2cccc3nccn23)C1. The Labute approximate surface area is 98.7 Å². The minimum absolute atomic E-state index is 0.109. The van der Waals surface area contributed by atoms with Crippen molar-refractivity contribution in [2.75, 3.05) is 11.1 Å². The van der Waals surface area contributed by atoms with Gasteiger partial charge in [0.15, 0.2) is 9.84 Å². The van der Waals surface area contributed by atoms with Gasteiger partial charge in [-0.15, -0.1) is 0 Å². The number of fused-ring (bicyclic) bond motifs is 1. The standard InChI is InChI=1S/C11H11N3O2S/c15-17(16)7-4-9(8-17)13-11-3-1-2-10-12-5-6-14(10)11/h1-7,9,13H,8H2. The van der Waals surface area contributed by atoms with Crippen molar-refractivity contribution in [1.29, 1.82) is 0 Å². The summed E-state index contributed by atoms with van der Waals surface area (Å²) in [7, 11) is -3.02. The predicted octanol–water partition coefficient (Wildman–Crippen LogP) is 1.06. The largest absolute Gasteiger partial charge is 0.364 e. The van der Waals surface area contributed by atoms with Gasteiger partial charge in [-0.3, -0.25) is 4.40 Å². The highest BCUT2D eigenvalue weighted by atomic mass is 32.2. The van der Waals surface area contributed by atoms with E-state index in [1.165, 1.54) is 5.41 Å². The molecule has 5 nitrogen and oxygen atoms in total. The normalized spacial score (nSPS) is 22.0. The number of hydrogen-bond acceptors (Lipinski definition) is 4. The van der Waals surface area contributed by atoms with Crippen molar-refractivity contribution in [3.8, 4) is 0 Å². The summed E-state index contributed by atoms with van der Waals surface area (Å²) >= 11 is 0. The van der Waals surface area contributed by atoms with Crippen LogP contribution in [-0.4, -0.2) is 29.6 Å². The summed E-state index contributed by atoms with van der Waals surface area (Å²) in [6.07, 6.45) is 5.22. The van der Waals surface area contributed by atoms with Crippen molar-refractivity contribution in [3.05, 3.63) is 42.1 Å². The zero-order chi connectivity index (χ0) is 11.9. The first kappa shape index (κ1) is 10.3. The smallest absolute Gasteiger partial charge is 0.173 e. The third kappa shape index (κ3) is 1.91. The van der Waals surface area contributed by atoms with Crippen LogP contribution in [-0.2, 0) is 9.84 Å². The monoisotopic (exact) mass is 249 g/mol. The van der Waals surface area contributed by atoms with Gasteiger partial charge in [-0.2, -0.15) is 0 Å². The molecule has 1 aliphatic rings. The van der Waals surface area contributed by atoms with Crippen LogP contribution in [0.5, 0.6) is 0 Å². The first-order valence-electron chi connectivity index (χ1n) is 5.24. The summed E-state index contributed by atoms with van der Waals surface area (Å²) in [5, 5.41) is 4.45. The molecule has 1 atom stereocenters. The maximum Gasteiger partial charge on any atom is 0.173 e. The van der Waals surface area contributed by atoms with Gasteiger partial charge < -0.3 is 5.32 Å². The van der Waals surface area contributed by atoms with Crippen LogP contribution < -0.4 is 5.32 Å². The molecule has 3 rings (SSSR count). The average Bonchev–Trinajstić information content (AvgIpc) is 2.85. The maximum atomic E-state index is 11.3. The molecule has 17 heavy (non-hydrogen) atoms. The predicted molar refractivity (Wildman–Crippen MR) is 65.5 cm³/mol. The number of nitrogens with one attached hydrogen (secondary N) is 1. The summed E-state index contributed by atoms with van der Waals surface area (Å²) in [5.74, 6) is 0.949. The highest BCUT2D eigenvalue weighted by Gasteiger charge is 2.21. The number of rotatable bonds is 2. The quantitative estimate of drug-likeness (QED) is 0.864. The van der Waals surface area contributed by atoms with Crippen molar-refractivity contribution < 1.29 is 8.42 Å². The van der Waals surface area contributed by atoms with Gasteiger partial charge in [0.2, 0.25) is 0 Å². The lowest BCUT2D eigenvalue weighted by Gasteiger charge is -2.12. The van der Waals surface area contributed by atoms with Crippen LogP contribution in [0.4, 0.5) is 5.82 Å². The lowest BCUT2D eigenvalue weighted by atomic mass is 10.3. The molecule has 0 fully saturated rings. The van der Waals surface area contributed by atoms with Crippen molar-refractivity contribution in [1.82, 2.24) is 9.38 Å². The second-order valence-corrected chi connectivity index (χ2v) is 5.91. The number of anilines is 1. The lowest BCUT2D eigenvalue weighted by Crippen LogP contribution is -2.22. The van der Waals surface area contributed by atoms with Crippen LogP contribution in [0.3, 0.4) is 0 Å². The molecule has 0 aromatic carbocycles. The zero-order valence-electron chi connectivity index (χ0n) is 8.95. The molecule has 3 heterocycles. The Morgan fingerprint density at radius 3 is 3.06 bits per heavy atom. The number of sulfone groups is 1. The van der Waals surface area contributed by atoms with E-state index in [0.717, 1.165) is 11.5 Å². The molecular weight excluding hydrogens is 238 g/mol. The number of pyridine rings is 1. The molecule has 0 bridgehead atoms. The molecule has 1 aliphatic heterocycles. The summed E-state index contributed by atoms with van der Waals surface area (Å²) in [4.78, 5) is 4.17. The first-order chi connectivity index (χ1) is 8.14. The van der Waals surface area contributed by atoms with Gasteiger partial charge >= 0.3 is 0 Å². The second kappa shape index (κ2) is 3.59. The molecule has 2 aromatic heterocycles. The molecule has 1 unspecified atom stereocenters. The Kier molecular flexibility index (Phi) is 2.19. The fourth-order valence-electron chi connectivity index (χ4n) is 1.92. The minimum Gasteiger partial charge on any atom is -0.364 e. The van der Waals surface area contributed by atoms with Crippen molar-refractivity contribution in [2.45, 2.75) is 6.04 Å². The third-order valence-electron chi connectivity index (χ3n) is 2.69. The summed E-state index contributed by atoms with van der Waals surface area (Å²) < 4.78 is 24.5. The summed E-state index contributed by atoms with van der Waals surface area (Å²) in [5.41, 5.74) is 0.833. The molecule has 2 aromatic rings. The van der Waals surface area contributed by atoms with Gasteiger partial charge in [0.1, 0.15) is 11.5 Å². The lowest BCUT2D eigenvalue weighted by molar-refractivity contribution is 0.605. The van der Waals surface area contributed by atoms with Crippen LogP contribution in [0.2, 0.25) is 0 Å². The Morgan fingerprint density at radius 2 is 2.29 bits per heavy atom. The van der Waals surface area contributed by atoms with Gasteiger partial charge in [-0.1, -0.05) is 6.07 Å². The van der Waals surface area contributed by atoms with Gasteiger partial charge in [0.25, 0.3) is 0 Å². The van der Waals surface area contributed by atoms with Crippen molar-refractivity contribution in [2.24, 2.45) is 0 Å². The summed E-state index contributed by atoms with van der Waals surface area (Å²) in [6, 6.07) is 5.51. The van der Waals surface area contributed by atoms with Crippen LogP contribution in [0.25, 0.3) is 5.65 Å². The number of imidazole rings is 1. The van der Waals surface area contributed by atoms with E-state index >= 15 is 0 Å². The first-order valence-corrected chi connectivity index (χ1v) is 6.95. The highest BCUT2D eigenvalue weighted by molar-refractivity contribution is 7.94. The van der Waals surface area contributed by atoms with Crippen LogP contribution in [0.15, 0.2) is 42.1 Å². The highest BCUT2D eigenvalue weighted by Crippen LogP contribution is 2.16. The third-order valence-corrected chi connectivity index (χ3v) is 4.09. The van der Waals surface area contributed by atoms with E-state index in [1.807, 2.05) is 28.8 Å². The van der Waals surface area contributed by atoms with E-state index in [4.69, 9.17) is 0 Å². The maximum absolute atomic E-state index is 11.3. The van der Waals surface area contributed by atoms with E-state index in [1.54, 1.807) is 12.3 Å². The molecule has 0 amide bonds. The molecule has 0 radical (unpaired) electrons. The van der Waals surface area contributed by atoms with Crippen molar-refractivity contribution in [3.63, 3.8) is 0 Å². The van der Waals surface area contributed by atoms with Crippen LogP contribution in [0, 0.1) is 0 Å². The molecule has 88 valence electrons. The van der Waals surface area contributed by atoms with Gasteiger partial charge in [-0.05, 0) is 18.2 Å². The molecule has 1 N–H and O–H groups in total. The number of nitrogens with zero attached hydrogens (tertiary/aromatic N) is 2. The zero-order valence-corrected chi connectivity index (χ0v) is 9.76. The van der Waals surface area contributed by atoms with E-state index in [9.17, 15) is 8.42 Å². The van der Waals surface area contributed by atoms with Gasteiger partial charge in [-0.25, -0.2) is 13.4 Å². The fourth-order valence-corrected chi connectivity index (χ4v) is 3.16. The molecule has 0 saturated carbocycles. The molecular formula is C11H11N3O2S. The molecule has 0 saturated heterocycles. The molecule has 0 spiro atoms. The summed E-state index contributed by atoms with van der Waals surface area (Å²) in [6.45, 7) is 0. The molecule has 6 heteroatoms. The Bertz CT molecular complexity index is 688. The van der Waals surface area contributed by atoms with Crippen molar-refractivity contribution >= 4 is 21.3 Å². The van der Waals surface area contributed by atoms with Crippen LogP contribution >= 0.6 is 0 Å². The van der Waals surface area contributed by atoms with Crippen LogP contribution in [0.1, 0.15) is 0 Å². The van der Waals surface area contributed by atoms with E-state index < -0.39 is 9.84 Å². The average molecular weight is 249 g/mol. The Balaban J connectivity index is 1.91. The van der Waals surface area contributed by atoms with E-state index in [2.05, 4.69) is 10.3 Å². The topological polar surface area (TPSA) is 63.5 Å². The van der Waals surface area contributed by atoms with E-state index in [-0.39, 0.29) is 11.8 Å². The minimum atomic E-state index is -3.02. The number of hydrogen-bond donors (Lipinski definition) is 1. The Morgan fingerprint density at radius 1 is 1.41 bits per heavy atom. The second-order valence-electron chi connectivity index (χ2n) is 3.98. The number of aromatic nitrogens is 2. The van der Waals surface area contributed by atoms with Gasteiger partial charge in [0, 0.05) is 17.8 Å². The fraction of sp³-hybridized carbons (Fsp3) is 0.182. The van der Waals surface area contributed by atoms with E-state index in [0.29, 0.717) is 0 Å². The Hall–Kier alpha value is -1.82. The van der Waals surface area contributed by atoms with Gasteiger partial charge in [0.05, 0.1) is 11.8 Å².